The number of carbonyl (C=O) groups is 1. The highest BCUT2D eigenvalue weighted by atomic mass is 16.3. The molecule has 0 amide bonds. The molecule has 3 unspecified atom stereocenters. The summed E-state index contributed by atoms with van der Waals surface area (Å²) in [5.41, 5.74) is 7.10. The summed E-state index contributed by atoms with van der Waals surface area (Å²) in [6, 6.07) is -0.539. The van der Waals surface area contributed by atoms with Crippen LogP contribution < -0.4 is 5.73 Å². The molecule has 0 saturated heterocycles. The van der Waals surface area contributed by atoms with E-state index in [-0.39, 0.29) is 5.78 Å². The molecule has 0 radical (unpaired) electrons. The number of rotatable bonds is 3. The van der Waals surface area contributed by atoms with E-state index < -0.39 is 18.2 Å². The maximum absolute atomic E-state index is 11.0. The number of allylic oxidation sites excluding steroid dienone is 1. The third-order valence-electron chi connectivity index (χ3n) is 2.57. The molecular weight excluding hydrogens is 194 g/mol. The number of aliphatic hydroxyl groups is 2. The van der Waals surface area contributed by atoms with Gasteiger partial charge < -0.3 is 15.9 Å². The lowest BCUT2D eigenvalue weighted by atomic mass is 9.91. The average molecular weight is 211 g/mol. The number of nitrogens with two attached hydrogens (primary N) is 1. The quantitative estimate of drug-likeness (QED) is 0.608. The molecule has 0 aromatic rings. The Hall–Kier alpha value is -0.970. The van der Waals surface area contributed by atoms with Crippen LogP contribution >= 0.6 is 0 Å². The minimum absolute atomic E-state index is 0.0810. The van der Waals surface area contributed by atoms with E-state index in [1.165, 1.54) is 6.92 Å². The van der Waals surface area contributed by atoms with Crippen LogP contribution in [0, 0.1) is 0 Å². The van der Waals surface area contributed by atoms with Crippen molar-refractivity contribution in [2.45, 2.75) is 38.5 Å². The SMILES string of the molecule is CC(=O)C(N)CC1=CC(O)C(O)C(C)=C1. The van der Waals surface area contributed by atoms with Gasteiger partial charge in [0.05, 0.1) is 6.04 Å². The average Bonchev–Trinajstić information content (AvgIpc) is 2.13. The Morgan fingerprint density at radius 2 is 2.20 bits per heavy atom. The Bertz CT molecular complexity index is 320. The molecule has 1 rings (SSSR count). The molecular formula is C11H17NO3. The topological polar surface area (TPSA) is 83.6 Å². The highest BCUT2D eigenvalue weighted by Gasteiger charge is 2.22. The van der Waals surface area contributed by atoms with Crippen molar-refractivity contribution >= 4 is 5.78 Å². The first kappa shape index (κ1) is 12.1. The first-order valence-electron chi connectivity index (χ1n) is 4.93. The third kappa shape index (κ3) is 2.99. The van der Waals surface area contributed by atoms with Crippen LogP contribution in [0.25, 0.3) is 0 Å². The Morgan fingerprint density at radius 3 is 2.67 bits per heavy atom. The molecule has 0 saturated carbocycles. The largest absolute Gasteiger partial charge is 0.386 e. The highest BCUT2D eigenvalue weighted by molar-refractivity contribution is 5.81. The maximum atomic E-state index is 11.0. The van der Waals surface area contributed by atoms with Gasteiger partial charge in [0.2, 0.25) is 0 Å². The monoisotopic (exact) mass is 211 g/mol. The standard InChI is InChI=1S/C11H17NO3/c1-6-3-8(4-9(12)7(2)13)5-10(14)11(6)15/h3,5,9-11,14-15H,4,12H2,1-2H3. The summed E-state index contributed by atoms with van der Waals surface area (Å²) in [6.07, 6.45) is 1.96. The van der Waals surface area contributed by atoms with Crippen molar-refractivity contribution in [1.29, 1.82) is 0 Å². The fourth-order valence-electron chi connectivity index (χ4n) is 1.53. The van der Waals surface area contributed by atoms with E-state index in [1.807, 2.05) is 0 Å². The summed E-state index contributed by atoms with van der Waals surface area (Å²) in [7, 11) is 0. The fraction of sp³-hybridized carbons (Fsp3) is 0.545. The number of aliphatic hydroxyl groups excluding tert-OH is 2. The van der Waals surface area contributed by atoms with E-state index in [2.05, 4.69) is 0 Å². The van der Waals surface area contributed by atoms with Gasteiger partial charge in [0.25, 0.3) is 0 Å². The van der Waals surface area contributed by atoms with E-state index >= 15 is 0 Å². The predicted octanol–water partition coefficient (Wildman–Crippen LogP) is -0.0991. The Kier molecular flexibility index (Phi) is 3.79. The summed E-state index contributed by atoms with van der Waals surface area (Å²) in [5, 5.41) is 18.9. The zero-order valence-electron chi connectivity index (χ0n) is 8.97. The number of ketones is 1. The van der Waals surface area contributed by atoms with Gasteiger partial charge in [0.1, 0.15) is 18.0 Å². The number of hydrogen-bond acceptors (Lipinski definition) is 4. The second-order valence-corrected chi connectivity index (χ2v) is 3.99. The summed E-state index contributed by atoms with van der Waals surface area (Å²) < 4.78 is 0. The van der Waals surface area contributed by atoms with E-state index in [0.29, 0.717) is 12.0 Å². The van der Waals surface area contributed by atoms with Crippen molar-refractivity contribution in [1.82, 2.24) is 0 Å². The molecule has 0 aliphatic heterocycles. The predicted molar refractivity (Wildman–Crippen MR) is 57.1 cm³/mol. The zero-order chi connectivity index (χ0) is 11.6. The molecule has 1 aliphatic carbocycles. The van der Waals surface area contributed by atoms with E-state index in [4.69, 9.17) is 5.73 Å². The molecule has 15 heavy (non-hydrogen) atoms. The molecule has 4 heteroatoms. The van der Waals surface area contributed by atoms with Gasteiger partial charge >= 0.3 is 0 Å². The van der Waals surface area contributed by atoms with Crippen molar-refractivity contribution < 1.29 is 15.0 Å². The first-order valence-corrected chi connectivity index (χ1v) is 4.93. The zero-order valence-corrected chi connectivity index (χ0v) is 8.97. The molecule has 0 aromatic carbocycles. The minimum Gasteiger partial charge on any atom is -0.386 e. The maximum Gasteiger partial charge on any atom is 0.146 e. The van der Waals surface area contributed by atoms with Crippen LogP contribution in [0.2, 0.25) is 0 Å². The number of carbonyl (C=O) groups excluding carboxylic acids is 1. The second kappa shape index (κ2) is 4.70. The molecule has 4 nitrogen and oxygen atoms in total. The van der Waals surface area contributed by atoms with Crippen LogP contribution in [-0.2, 0) is 4.79 Å². The van der Waals surface area contributed by atoms with E-state index in [1.54, 1.807) is 19.1 Å². The van der Waals surface area contributed by atoms with Crippen LogP contribution in [0.15, 0.2) is 23.3 Å². The molecule has 0 spiro atoms. The molecule has 0 aromatic heterocycles. The van der Waals surface area contributed by atoms with Gasteiger partial charge in [0.15, 0.2) is 0 Å². The molecule has 0 bridgehead atoms. The summed E-state index contributed by atoms with van der Waals surface area (Å²) >= 11 is 0. The molecule has 1 aliphatic rings. The Balaban J connectivity index is 2.72. The van der Waals surface area contributed by atoms with Crippen molar-refractivity contribution in [3.8, 4) is 0 Å². The van der Waals surface area contributed by atoms with Gasteiger partial charge in [0, 0.05) is 0 Å². The van der Waals surface area contributed by atoms with Crippen molar-refractivity contribution in [2.24, 2.45) is 5.73 Å². The fourth-order valence-corrected chi connectivity index (χ4v) is 1.53. The molecule has 0 heterocycles. The van der Waals surface area contributed by atoms with Crippen molar-refractivity contribution in [3.63, 3.8) is 0 Å². The summed E-state index contributed by atoms with van der Waals surface area (Å²) in [4.78, 5) is 11.0. The van der Waals surface area contributed by atoms with Crippen LogP contribution in [0.1, 0.15) is 20.3 Å². The number of hydrogen-bond donors (Lipinski definition) is 3. The molecule has 0 fully saturated rings. The van der Waals surface area contributed by atoms with Gasteiger partial charge in [-0.25, -0.2) is 0 Å². The van der Waals surface area contributed by atoms with E-state index in [0.717, 1.165) is 5.57 Å². The third-order valence-corrected chi connectivity index (χ3v) is 2.57. The smallest absolute Gasteiger partial charge is 0.146 e. The van der Waals surface area contributed by atoms with Gasteiger partial charge in [-0.3, -0.25) is 4.79 Å². The molecule has 4 N–H and O–H groups in total. The number of Topliss-reactive ketones (excluding diaryl/α,β-unsaturated/α-hetero) is 1. The summed E-state index contributed by atoms with van der Waals surface area (Å²) in [5.74, 6) is -0.0810. The highest BCUT2D eigenvalue weighted by Crippen LogP contribution is 2.21. The van der Waals surface area contributed by atoms with Crippen LogP contribution in [0.4, 0.5) is 0 Å². The summed E-state index contributed by atoms with van der Waals surface area (Å²) in [6.45, 7) is 3.18. The first-order chi connectivity index (χ1) is 6.91. The van der Waals surface area contributed by atoms with Crippen LogP contribution in [0.3, 0.4) is 0 Å². The minimum atomic E-state index is -0.899. The van der Waals surface area contributed by atoms with Gasteiger partial charge in [-0.05, 0) is 37.5 Å². The van der Waals surface area contributed by atoms with Gasteiger partial charge in [-0.2, -0.15) is 0 Å². The lowest BCUT2D eigenvalue weighted by molar-refractivity contribution is -0.118. The van der Waals surface area contributed by atoms with Gasteiger partial charge in [-0.15, -0.1) is 0 Å². The Labute approximate surface area is 89.1 Å². The molecule has 3 atom stereocenters. The van der Waals surface area contributed by atoms with Crippen LogP contribution in [0.5, 0.6) is 0 Å². The lowest BCUT2D eigenvalue weighted by Gasteiger charge is -2.22. The second-order valence-electron chi connectivity index (χ2n) is 3.99. The molecule has 84 valence electrons. The van der Waals surface area contributed by atoms with Crippen molar-refractivity contribution in [2.75, 3.05) is 0 Å². The van der Waals surface area contributed by atoms with Crippen molar-refractivity contribution in [3.05, 3.63) is 23.3 Å². The Morgan fingerprint density at radius 1 is 1.60 bits per heavy atom. The van der Waals surface area contributed by atoms with Crippen LogP contribution in [-0.4, -0.2) is 34.2 Å². The lowest BCUT2D eigenvalue weighted by Crippen LogP contribution is -2.31. The van der Waals surface area contributed by atoms with E-state index in [9.17, 15) is 15.0 Å². The normalized spacial score (nSPS) is 28.1. The van der Waals surface area contributed by atoms with Gasteiger partial charge in [-0.1, -0.05) is 6.08 Å².